The van der Waals surface area contributed by atoms with Crippen LogP contribution in [0, 0.1) is 0 Å². The summed E-state index contributed by atoms with van der Waals surface area (Å²) in [4.78, 5) is 24.0. The highest BCUT2D eigenvalue weighted by molar-refractivity contribution is 8.18. The summed E-state index contributed by atoms with van der Waals surface area (Å²) in [7, 11) is 0. The van der Waals surface area contributed by atoms with Crippen molar-refractivity contribution < 1.29 is 4.79 Å². The van der Waals surface area contributed by atoms with E-state index in [1.54, 1.807) is 11.8 Å². The maximum atomic E-state index is 13.5. The van der Waals surface area contributed by atoms with Crippen LogP contribution in [0.2, 0.25) is 0 Å². The van der Waals surface area contributed by atoms with Gasteiger partial charge in [0.2, 0.25) is 0 Å². The standard InChI is InChI=1S/C26H35N3OS/c30-25-24(19-20-13-15-22(16-14-20)28-17-7-8-18-28)31-26(27-21-9-3-1-4-10-21)29(25)23-11-5-2-6-12-23/h13-16,19,21,23H,1-12,17-18H2/b24-19-,27-26?. The molecule has 0 atom stereocenters. The van der Waals surface area contributed by atoms with Crippen LogP contribution in [-0.4, -0.2) is 41.1 Å². The molecule has 166 valence electrons. The summed E-state index contributed by atoms with van der Waals surface area (Å²) in [6.45, 7) is 2.32. The molecule has 0 bridgehead atoms. The number of nitrogens with zero attached hydrogens (tertiary/aromatic N) is 3. The Morgan fingerprint density at radius 2 is 1.48 bits per heavy atom. The number of hydrogen-bond acceptors (Lipinski definition) is 4. The monoisotopic (exact) mass is 437 g/mol. The molecule has 5 rings (SSSR count). The number of carbonyl (C=O) groups excluding carboxylic acids is 1. The van der Waals surface area contributed by atoms with E-state index in [9.17, 15) is 4.79 Å². The molecular formula is C26H35N3OS. The van der Waals surface area contributed by atoms with E-state index in [2.05, 4.69) is 40.1 Å². The summed E-state index contributed by atoms with van der Waals surface area (Å²) < 4.78 is 0. The molecule has 2 aliphatic heterocycles. The van der Waals surface area contributed by atoms with Gasteiger partial charge in [-0.25, -0.2) is 0 Å². The second-order valence-corrected chi connectivity index (χ2v) is 10.6. The number of benzene rings is 1. The fourth-order valence-corrected chi connectivity index (χ4v) is 6.62. The van der Waals surface area contributed by atoms with Crippen molar-refractivity contribution in [2.75, 3.05) is 18.0 Å². The largest absolute Gasteiger partial charge is 0.372 e. The summed E-state index contributed by atoms with van der Waals surface area (Å²) in [5.74, 6) is 0.176. The zero-order chi connectivity index (χ0) is 21.0. The number of amides is 1. The van der Waals surface area contributed by atoms with Gasteiger partial charge in [0, 0.05) is 24.8 Å². The lowest BCUT2D eigenvalue weighted by Gasteiger charge is -2.31. The van der Waals surface area contributed by atoms with E-state index >= 15 is 0 Å². The average molecular weight is 438 g/mol. The van der Waals surface area contributed by atoms with Crippen LogP contribution in [0.5, 0.6) is 0 Å². The smallest absolute Gasteiger partial charge is 0.266 e. The Balaban J connectivity index is 1.38. The summed E-state index contributed by atoms with van der Waals surface area (Å²) in [6.07, 6.45) is 16.9. The number of aliphatic imine (C=N–C) groups is 1. The van der Waals surface area contributed by atoms with E-state index in [0.717, 1.165) is 41.6 Å². The van der Waals surface area contributed by atoms with Gasteiger partial charge in [-0.2, -0.15) is 0 Å². The molecule has 4 nitrogen and oxygen atoms in total. The molecule has 0 radical (unpaired) electrons. The minimum atomic E-state index is 0.176. The molecular weight excluding hydrogens is 402 g/mol. The second-order valence-electron chi connectivity index (χ2n) is 9.57. The number of anilines is 1. The van der Waals surface area contributed by atoms with Crippen molar-refractivity contribution in [3.05, 3.63) is 34.7 Å². The summed E-state index contributed by atoms with van der Waals surface area (Å²) in [6, 6.07) is 9.47. The lowest BCUT2D eigenvalue weighted by Crippen LogP contribution is -2.41. The van der Waals surface area contributed by atoms with Crippen molar-refractivity contribution in [2.24, 2.45) is 4.99 Å². The van der Waals surface area contributed by atoms with E-state index in [1.165, 1.54) is 69.9 Å². The molecule has 2 heterocycles. The number of hydrogen-bond donors (Lipinski definition) is 0. The number of rotatable bonds is 4. The van der Waals surface area contributed by atoms with Crippen molar-refractivity contribution in [1.29, 1.82) is 0 Å². The summed E-state index contributed by atoms with van der Waals surface area (Å²) >= 11 is 1.62. The number of carbonyl (C=O) groups is 1. The maximum absolute atomic E-state index is 13.5. The number of thioether (sulfide) groups is 1. The van der Waals surface area contributed by atoms with Gasteiger partial charge in [0.1, 0.15) is 0 Å². The molecule has 4 fully saturated rings. The molecule has 0 spiro atoms. The molecule has 0 aromatic heterocycles. The van der Waals surface area contributed by atoms with Crippen molar-refractivity contribution in [1.82, 2.24) is 4.90 Å². The minimum Gasteiger partial charge on any atom is -0.372 e. The van der Waals surface area contributed by atoms with Gasteiger partial charge in [-0.3, -0.25) is 14.7 Å². The zero-order valence-electron chi connectivity index (χ0n) is 18.6. The Kier molecular flexibility index (Phi) is 6.68. The van der Waals surface area contributed by atoms with Crippen molar-refractivity contribution in [3.63, 3.8) is 0 Å². The van der Waals surface area contributed by atoms with Gasteiger partial charge in [0.15, 0.2) is 5.17 Å². The van der Waals surface area contributed by atoms with Crippen molar-refractivity contribution in [3.8, 4) is 0 Å². The molecule has 1 aromatic carbocycles. The normalized spacial score (nSPS) is 26.5. The molecule has 4 aliphatic rings. The first-order valence-corrected chi connectivity index (χ1v) is 13.3. The molecule has 5 heteroatoms. The van der Waals surface area contributed by atoms with Crippen LogP contribution >= 0.6 is 11.8 Å². The first kappa shape index (κ1) is 21.1. The molecule has 1 aromatic rings. The van der Waals surface area contributed by atoms with E-state index in [4.69, 9.17) is 4.99 Å². The molecule has 31 heavy (non-hydrogen) atoms. The van der Waals surface area contributed by atoms with Gasteiger partial charge in [-0.15, -0.1) is 0 Å². The molecule has 2 saturated carbocycles. The highest BCUT2D eigenvalue weighted by Crippen LogP contribution is 2.38. The minimum absolute atomic E-state index is 0.176. The average Bonchev–Trinajstić information content (AvgIpc) is 3.45. The first-order chi connectivity index (χ1) is 15.3. The van der Waals surface area contributed by atoms with Gasteiger partial charge in [-0.1, -0.05) is 50.7 Å². The molecule has 1 amide bonds. The topological polar surface area (TPSA) is 35.9 Å². The third-order valence-electron chi connectivity index (χ3n) is 7.31. The lowest BCUT2D eigenvalue weighted by atomic mass is 9.94. The lowest BCUT2D eigenvalue weighted by molar-refractivity contribution is -0.124. The fourth-order valence-electron chi connectivity index (χ4n) is 5.51. The van der Waals surface area contributed by atoms with Gasteiger partial charge >= 0.3 is 0 Å². The van der Waals surface area contributed by atoms with E-state index < -0.39 is 0 Å². The van der Waals surface area contributed by atoms with Crippen molar-refractivity contribution in [2.45, 2.75) is 89.1 Å². The Morgan fingerprint density at radius 1 is 0.839 bits per heavy atom. The Bertz CT molecular complexity index is 829. The van der Waals surface area contributed by atoms with Gasteiger partial charge in [0.25, 0.3) is 5.91 Å². The van der Waals surface area contributed by atoms with Gasteiger partial charge in [0.05, 0.1) is 10.9 Å². The van der Waals surface area contributed by atoms with Gasteiger partial charge in [-0.05, 0) is 74.1 Å². The predicted molar refractivity (Wildman–Crippen MR) is 131 cm³/mol. The maximum Gasteiger partial charge on any atom is 0.266 e. The van der Waals surface area contributed by atoms with Crippen LogP contribution in [-0.2, 0) is 4.79 Å². The van der Waals surface area contributed by atoms with Gasteiger partial charge < -0.3 is 4.90 Å². The predicted octanol–water partition coefficient (Wildman–Crippen LogP) is 6.22. The van der Waals surface area contributed by atoms with E-state index in [-0.39, 0.29) is 5.91 Å². The molecule has 2 saturated heterocycles. The molecule has 2 aliphatic carbocycles. The van der Waals surface area contributed by atoms with Crippen molar-refractivity contribution >= 4 is 34.6 Å². The van der Waals surface area contributed by atoms with Crippen LogP contribution in [0.25, 0.3) is 6.08 Å². The zero-order valence-corrected chi connectivity index (χ0v) is 19.4. The third kappa shape index (κ3) is 4.87. The summed E-state index contributed by atoms with van der Waals surface area (Å²) in [5.41, 5.74) is 2.41. The molecule has 0 unspecified atom stereocenters. The second kappa shape index (κ2) is 9.81. The highest BCUT2D eigenvalue weighted by atomic mass is 32.2. The Hall–Kier alpha value is -1.75. The third-order valence-corrected chi connectivity index (χ3v) is 8.30. The van der Waals surface area contributed by atoms with E-state index in [1.807, 2.05) is 0 Å². The van der Waals surface area contributed by atoms with Crippen LogP contribution in [0.15, 0.2) is 34.2 Å². The fraction of sp³-hybridized carbons (Fsp3) is 0.615. The SMILES string of the molecule is O=C1/C(=C/c2ccc(N3CCCC3)cc2)SC(=NC2CCCCC2)N1C1CCCCC1. The van der Waals surface area contributed by atoms with E-state index in [0.29, 0.717) is 12.1 Å². The summed E-state index contributed by atoms with van der Waals surface area (Å²) in [5, 5.41) is 0.976. The highest BCUT2D eigenvalue weighted by Gasteiger charge is 2.39. The molecule has 0 N–H and O–H groups in total. The van der Waals surface area contributed by atoms with Crippen LogP contribution in [0.1, 0.15) is 82.6 Å². The first-order valence-electron chi connectivity index (χ1n) is 12.4. The van der Waals surface area contributed by atoms with Crippen LogP contribution in [0.4, 0.5) is 5.69 Å². The quantitative estimate of drug-likeness (QED) is 0.524. The number of amidine groups is 1. The van der Waals surface area contributed by atoms with Crippen LogP contribution in [0.3, 0.4) is 0 Å². The Morgan fingerprint density at radius 3 is 2.16 bits per heavy atom. The Labute approximate surface area is 191 Å². The van der Waals surface area contributed by atoms with Crippen LogP contribution < -0.4 is 4.90 Å².